The Labute approximate surface area is 91.4 Å². The fourth-order valence-electron chi connectivity index (χ4n) is 1.76. The average molecular weight is 227 g/mol. The van der Waals surface area contributed by atoms with Gasteiger partial charge in [-0.25, -0.2) is 8.78 Å². The Bertz CT molecular complexity index is 392. The lowest BCUT2D eigenvalue weighted by Gasteiger charge is -2.33. The highest BCUT2D eigenvalue weighted by Gasteiger charge is 2.19. The molecule has 6 heteroatoms. The molecular formula is C10H11F2N3O. The Morgan fingerprint density at radius 3 is 2.38 bits per heavy atom. The van der Waals surface area contributed by atoms with Crippen molar-refractivity contribution in [1.82, 2.24) is 5.01 Å². The largest absolute Gasteiger partial charge is 0.365 e. The number of hydrogen-bond donors (Lipinski definition) is 0. The van der Waals surface area contributed by atoms with E-state index in [-0.39, 0.29) is 0 Å². The number of rotatable bonds is 2. The van der Waals surface area contributed by atoms with Gasteiger partial charge in [0.1, 0.15) is 11.6 Å². The van der Waals surface area contributed by atoms with Crippen LogP contribution in [0.4, 0.5) is 14.5 Å². The molecule has 0 unspecified atom stereocenters. The maximum Gasteiger partial charge on any atom is 0.149 e. The number of piperazine rings is 1. The van der Waals surface area contributed by atoms with Crippen molar-refractivity contribution >= 4 is 5.69 Å². The van der Waals surface area contributed by atoms with Crippen molar-refractivity contribution in [2.75, 3.05) is 31.1 Å². The molecule has 16 heavy (non-hydrogen) atoms. The maximum atomic E-state index is 13.4. The monoisotopic (exact) mass is 227 g/mol. The Balaban J connectivity index is 2.11. The van der Waals surface area contributed by atoms with Gasteiger partial charge in [-0.2, -0.15) is 0 Å². The van der Waals surface area contributed by atoms with Gasteiger partial charge in [-0.3, -0.25) is 5.01 Å². The van der Waals surface area contributed by atoms with Crippen molar-refractivity contribution in [3.05, 3.63) is 34.7 Å². The van der Waals surface area contributed by atoms with E-state index >= 15 is 0 Å². The van der Waals surface area contributed by atoms with E-state index in [2.05, 4.69) is 5.29 Å². The number of nitrogens with zero attached hydrogens (tertiary/aromatic N) is 3. The van der Waals surface area contributed by atoms with Crippen molar-refractivity contribution in [3.8, 4) is 0 Å². The van der Waals surface area contributed by atoms with E-state index in [4.69, 9.17) is 0 Å². The molecule has 0 amide bonds. The van der Waals surface area contributed by atoms with Crippen LogP contribution in [0.3, 0.4) is 0 Å². The van der Waals surface area contributed by atoms with Gasteiger partial charge in [0.05, 0.1) is 24.1 Å². The molecule has 2 rings (SSSR count). The molecular weight excluding hydrogens is 216 g/mol. The Morgan fingerprint density at radius 1 is 1.12 bits per heavy atom. The molecule has 0 spiro atoms. The van der Waals surface area contributed by atoms with Gasteiger partial charge in [-0.05, 0) is 12.1 Å². The molecule has 1 aliphatic rings. The number of nitroso groups, excluding NO2 is 1. The minimum atomic E-state index is -0.588. The topological polar surface area (TPSA) is 35.9 Å². The van der Waals surface area contributed by atoms with Crippen LogP contribution in [-0.2, 0) is 0 Å². The number of hydrogen-bond acceptors (Lipinski definition) is 3. The van der Waals surface area contributed by atoms with Crippen LogP contribution < -0.4 is 4.90 Å². The summed E-state index contributed by atoms with van der Waals surface area (Å²) in [4.78, 5) is 12.0. The predicted octanol–water partition coefficient (Wildman–Crippen LogP) is 1.77. The highest BCUT2D eigenvalue weighted by atomic mass is 19.1. The van der Waals surface area contributed by atoms with Crippen LogP contribution in [0.25, 0.3) is 0 Å². The first-order valence-corrected chi connectivity index (χ1v) is 4.99. The van der Waals surface area contributed by atoms with Gasteiger partial charge in [0.25, 0.3) is 0 Å². The van der Waals surface area contributed by atoms with Gasteiger partial charge in [-0.1, -0.05) is 0 Å². The van der Waals surface area contributed by atoms with Crippen molar-refractivity contribution in [1.29, 1.82) is 0 Å². The highest BCUT2D eigenvalue weighted by molar-refractivity contribution is 5.48. The van der Waals surface area contributed by atoms with Gasteiger partial charge in [0, 0.05) is 19.2 Å². The van der Waals surface area contributed by atoms with Crippen molar-refractivity contribution in [2.24, 2.45) is 5.29 Å². The fourth-order valence-corrected chi connectivity index (χ4v) is 1.76. The van der Waals surface area contributed by atoms with Crippen molar-refractivity contribution in [2.45, 2.75) is 0 Å². The fraction of sp³-hybridized carbons (Fsp3) is 0.400. The number of halogens is 2. The molecule has 0 saturated carbocycles. The van der Waals surface area contributed by atoms with E-state index in [1.54, 1.807) is 4.90 Å². The second kappa shape index (κ2) is 4.42. The lowest BCUT2D eigenvalue weighted by molar-refractivity contribution is 0.266. The van der Waals surface area contributed by atoms with Crippen molar-refractivity contribution < 1.29 is 8.78 Å². The predicted molar refractivity (Wildman–Crippen MR) is 55.9 cm³/mol. The van der Waals surface area contributed by atoms with E-state index in [1.165, 1.54) is 17.1 Å². The minimum Gasteiger partial charge on any atom is -0.365 e. The minimum absolute atomic E-state index is 0.368. The third-order valence-corrected chi connectivity index (χ3v) is 2.62. The van der Waals surface area contributed by atoms with Crippen LogP contribution in [0, 0.1) is 16.5 Å². The van der Waals surface area contributed by atoms with Gasteiger partial charge in [-0.15, -0.1) is 4.91 Å². The molecule has 1 aromatic carbocycles. The number of benzene rings is 1. The SMILES string of the molecule is O=NN1CCN(c2ccc(F)cc2F)CC1. The van der Waals surface area contributed by atoms with Gasteiger partial charge in [0.2, 0.25) is 0 Å². The summed E-state index contributed by atoms with van der Waals surface area (Å²) >= 11 is 0. The summed E-state index contributed by atoms with van der Waals surface area (Å²) in [6.07, 6.45) is 0. The van der Waals surface area contributed by atoms with E-state index in [0.29, 0.717) is 31.9 Å². The molecule has 1 aliphatic heterocycles. The molecule has 0 aromatic heterocycles. The lowest BCUT2D eigenvalue weighted by atomic mass is 10.2. The van der Waals surface area contributed by atoms with Crippen LogP contribution in [0.15, 0.2) is 23.5 Å². The highest BCUT2D eigenvalue weighted by Crippen LogP contribution is 2.21. The standard InChI is InChI=1S/C10H11F2N3O/c11-8-1-2-10(9(12)7-8)14-3-5-15(13-16)6-4-14/h1-2,7H,3-6H2. The summed E-state index contributed by atoms with van der Waals surface area (Å²) in [5.74, 6) is -1.16. The first-order valence-electron chi connectivity index (χ1n) is 4.99. The second-order valence-electron chi connectivity index (χ2n) is 3.62. The average Bonchev–Trinajstić information content (AvgIpc) is 2.29. The summed E-state index contributed by atoms with van der Waals surface area (Å²) in [5.41, 5.74) is 0.368. The van der Waals surface area contributed by atoms with Crippen LogP contribution >= 0.6 is 0 Å². The zero-order valence-corrected chi connectivity index (χ0v) is 8.57. The Kier molecular flexibility index (Phi) is 2.98. The third-order valence-electron chi connectivity index (χ3n) is 2.62. The van der Waals surface area contributed by atoms with Crippen LogP contribution in [0.2, 0.25) is 0 Å². The zero-order valence-electron chi connectivity index (χ0n) is 8.57. The molecule has 0 bridgehead atoms. The van der Waals surface area contributed by atoms with E-state index in [1.807, 2.05) is 0 Å². The summed E-state index contributed by atoms with van der Waals surface area (Å²) in [5, 5.41) is 4.20. The Hall–Kier alpha value is -1.72. The summed E-state index contributed by atoms with van der Waals surface area (Å²) in [6, 6.07) is 3.50. The Morgan fingerprint density at radius 2 is 1.81 bits per heavy atom. The molecule has 0 N–H and O–H groups in total. The zero-order chi connectivity index (χ0) is 11.5. The van der Waals surface area contributed by atoms with Gasteiger partial charge < -0.3 is 4.90 Å². The molecule has 0 atom stereocenters. The third kappa shape index (κ3) is 2.10. The first kappa shape index (κ1) is 10.8. The van der Waals surface area contributed by atoms with Gasteiger partial charge in [0.15, 0.2) is 0 Å². The normalized spacial score (nSPS) is 16.4. The summed E-state index contributed by atoms with van der Waals surface area (Å²) < 4.78 is 26.1. The van der Waals surface area contributed by atoms with Gasteiger partial charge >= 0.3 is 0 Å². The lowest BCUT2D eigenvalue weighted by Crippen LogP contribution is -2.44. The molecule has 4 nitrogen and oxygen atoms in total. The van der Waals surface area contributed by atoms with Crippen LogP contribution in [-0.4, -0.2) is 31.2 Å². The quantitative estimate of drug-likeness (QED) is 0.722. The smallest absolute Gasteiger partial charge is 0.149 e. The molecule has 0 radical (unpaired) electrons. The first-order chi connectivity index (χ1) is 7.70. The van der Waals surface area contributed by atoms with E-state index in [0.717, 1.165) is 6.07 Å². The molecule has 1 aromatic rings. The molecule has 1 heterocycles. The molecule has 1 saturated heterocycles. The molecule has 1 fully saturated rings. The molecule has 0 aliphatic carbocycles. The summed E-state index contributed by atoms with van der Waals surface area (Å²) in [6.45, 7) is 1.93. The molecule has 86 valence electrons. The van der Waals surface area contributed by atoms with Crippen LogP contribution in [0.1, 0.15) is 0 Å². The maximum absolute atomic E-state index is 13.4. The van der Waals surface area contributed by atoms with E-state index in [9.17, 15) is 13.7 Å². The second-order valence-corrected chi connectivity index (χ2v) is 3.62. The van der Waals surface area contributed by atoms with Crippen LogP contribution in [0.5, 0.6) is 0 Å². The van der Waals surface area contributed by atoms with Crippen molar-refractivity contribution in [3.63, 3.8) is 0 Å². The number of anilines is 1. The summed E-state index contributed by atoms with van der Waals surface area (Å²) in [7, 11) is 0. The van der Waals surface area contributed by atoms with E-state index < -0.39 is 11.6 Å².